The van der Waals surface area contributed by atoms with Gasteiger partial charge >= 0.3 is 0 Å². The van der Waals surface area contributed by atoms with Gasteiger partial charge in [-0.05, 0) is 43.5 Å². The third kappa shape index (κ3) is 4.49. The van der Waals surface area contributed by atoms with Crippen LogP contribution in [0.2, 0.25) is 0 Å². The molecule has 0 amide bonds. The summed E-state index contributed by atoms with van der Waals surface area (Å²) in [7, 11) is -4.13. The average Bonchev–Trinajstić information content (AvgIpc) is 3.41. The van der Waals surface area contributed by atoms with Gasteiger partial charge in [-0.15, -0.1) is 10.6 Å². The number of hydrogen-bond acceptors (Lipinski definition) is 11. The number of hydrogen-bond donors (Lipinski definition) is 7. The van der Waals surface area contributed by atoms with E-state index in [2.05, 4.69) is 31.6 Å². The van der Waals surface area contributed by atoms with E-state index in [0.717, 1.165) is 19.5 Å². The van der Waals surface area contributed by atoms with Crippen molar-refractivity contribution in [2.45, 2.75) is 40.9 Å². The predicted octanol–water partition coefficient (Wildman–Crippen LogP) is -1.56. The third-order valence-corrected chi connectivity index (χ3v) is 7.49. The van der Waals surface area contributed by atoms with Crippen LogP contribution in [0.4, 0.5) is 10.1 Å². The van der Waals surface area contributed by atoms with E-state index in [1.165, 1.54) is 11.9 Å². The molecule has 0 aromatic heterocycles. The minimum atomic E-state index is -4.13. The summed E-state index contributed by atoms with van der Waals surface area (Å²) < 4.78 is 43.0. The minimum absolute atomic E-state index is 0.0604. The van der Waals surface area contributed by atoms with Crippen molar-refractivity contribution in [1.82, 2.24) is 26.5 Å². The lowest BCUT2D eigenvalue weighted by molar-refractivity contribution is 0.251. The maximum Gasteiger partial charge on any atom is 0.240 e. The summed E-state index contributed by atoms with van der Waals surface area (Å²) in [4.78, 5) is 2.17. The van der Waals surface area contributed by atoms with Crippen molar-refractivity contribution in [3.05, 3.63) is 17.7 Å². The van der Waals surface area contributed by atoms with Gasteiger partial charge in [0.15, 0.2) is 5.84 Å². The van der Waals surface area contributed by atoms with E-state index in [-0.39, 0.29) is 28.9 Å². The number of benzene rings is 1. The first kappa shape index (κ1) is 21.5. The lowest BCUT2D eigenvalue weighted by atomic mass is 10.0. The third-order valence-electron chi connectivity index (χ3n) is 5.35. The Balaban J connectivity index is 1.76. The van der Waals surface area contributed by atoms with Crippen LogP contribution in [0.3, 0.4) is 0 Å². The van der Waals surface area contributed by atoms with Crippen molar-refractivity contribution in [3.8, 4) is 0 Å². The Hall–Kier alpha value is -1.68. The number of nitrogens with zero attached hydrogens (tertiary/aromatic N) is 2. The number of primary sulfonamides is 1. The van der Waals surface area contributed by atoms with Crippen molar-refractivity contribution < 1.29 is 12.8 Å². The van der Waals surface area contributed by atoms with Gasteiger partial charge in [-0.2, -0.15) is 0 Å². The van der Waals surface area contributed by atoms with E-state index in [1.54, 1.807) is 17.0 Å². The molecule has 14 heteroatoms. The fourth-order valence-corrected chi connectivity index (χ4v) is 5.90. The molecule has 11 nitrogen and oxygen atoms in total. The highest BCUT2D eigenvalue weighted by Crippen LogP contribution is 2.36. The summed E-state index contributed by atoms with van der Waals surface area (Å²) >= 11 is 1.22. The van der Waals surface area contributed by atoms with E-state index in [4.69, 9.17) is 10.9 Å². The normalized spacial score (nSPS) is 27.0. The Kier molecular flexibility index (Phi) is 6.34. The summed E-state index contributed by atoms with van der Waals surface area (Å²) in [5.74, 6) is 0.254. The second-order valence-corrected chi connectivity index (χ2v) is 9.86. The van der Waals surface area contributed by atoms with Gasteiger partial charge in [0.05, 0.1) is 12.1 Å². The van der Waals surface area contributed by atoms with E-state index < -0.39 is 22.2 Å². The molecule has 3 aliphatic heterocycles. The highest BCUT2D eigenvalue weighted by molar-refractivity contribution is 7.98. The largest absolute Gasteiger partial charge is 0.368 e. The Morgan fingerprint density at radius 3 is 2.80 bits per heavy atom. The van der Waals surface area contributed by atoms with E-state index in [1.807, 2.05) is 0 Å². The van der Waals surface area contributed by atoms with Crippen LogP contribution >= 0.6 is 11.9 Å². The molecule has 1 aromatic rings. The zero-order valence-electron chi connectivity index (χ0n) is 16.2. The molecule has 0 spiro atoms. The molecule has 2 saturated heterocycles. The Labute approximate surface area is 178 Å². The number of alkyl halides is 1. The molecule has 3 aliphatic rings. The molecule has 3 heterocycles. The number of halogens is 1. The second kappa shape index (κ2) is 8.82. The van der Waals surface area contributed by atoms with Crippen LogP contribution in [0, 0.1) is 0 Å². The predicted molar refractivity (Wildman–Crippen MR) is 114 cm³/mol. The van der Waals surface area contributed by atoms with Crippen LogP contribution in [0.1, 0.15) is 18.4 Å². The number of hydrazine groups is 2. The molecule has 2 fully saturated rings. The van der Waals surface area contributed by atoms with Crippen molar-refractivity contribution in [1.29, 1.82) is 0 Å². The first-order valence-electron chi connectivity index (χ1n) is 9.66. The Morgan fingerprint density at radius 1 is 1.33 bits per heavy atom. The molecular weight excluding hydrogens is 433 g/mol. The van der Waals surface area contributed by atoms with Crippen LogP contribution in [0.5, 0.6) is 0 Å². The molecule has 30 heavy (non-hydrogen) atoms. The second-order valence-electron chi connectivity index (χ2n) is 7.48. The molecule has 0 aliphatic carbocycles. The summed E-state index contributed by atoms with van der Waals surface area (Å²) in [5.41, 5.74) is 14.6. The molecule has 3 unspecified atom stereocenters. The summed E-state index contributed by atoms with van der Waals surface area (Å²) in [6.07, 6.45) is 0.176. The zero-order chi connectivity index (χ0) is 21.3. The lowest BCUT2D eigenvalue weighted by Gasteiger charge is -2.36. The molecular formula is C16H26FN9O2S2. The Bertz CT molecular complexity index is 924. The number of piperidine rings is 1. The molecule has 166 valence electrons. The summed E-state index contributed by atoms with van der Waals surface area (Å²) in [6, 6.07) is 3.14. The van der Waals surface area contributed by atoms with Gasteiger partial charge in [0.2, 0.25) is 10.0 Å². The number of sulfonamides is 1. The van der Waals surface area contributed by atoms with Gasteiger partial charge in [-0.3, -0.25) is 10.1 Å². The summed E-state index contributed by atoms with van der Waals surface area (Å²) in [6.45, 7) is 2.26. The molecule has 0 saturated carbocycles. The highest BCUT2D eigenvalue weighted by Gasteiger charge is 2.33. The highest BCUT2D eigenvalue weighted by atomic mass is 32.2. The monoisotopic (exact) mass is 459 g/mol. The minimum Gasteiger partial charge on any atom is -0.368 e. The van der Waals surface area contributed by atoms with Crippen molar-refractivity contribution >= 4 is 33.5 Å². The standard InChI is InChI=1S/C16H26FN9O2S2/c17-10-8-26(6-4-11(10)18)12-1-2-13(29-23-9-3-5-20-7-9)15(30(19,27)28)14(12)16-21-24-25-22-16/h1-2,9-11,20,23-25H,3-8,18H2,(H,21,22)(H2,19,27,28). The quantitative estimate of drug-likeness (QED) is 0.248. The number of nitrogens with one attached hydrogen (secondary N) is 5. The maximum absolute atomic E-state index is 14.3. The lowest BCUT2D eigenvalue weighted by Crippen LogP contribution is -2.49. The zero-order valence-corrected chi connectivity index (χ0v) is 17.8. The average molecular weight is 460 g/mol. The van der Waals surface area contributed by atoms with Crippen molar-refractivity contribution in [2.24, 2.45) is 16.0 Å². The van der Waals surface area contributed by atoms with Gasteiger partial charge in [0, 0.05) is 35.8 Å². The van der Waals surface area contributed by atoms with Crippen LogP contribution in [-0.2, 0) is 10.0 Å². The number of nitrogens with two attached hydrogens (primary N) is 2. The fraction of sp³-hybridized carbons (Fsp3) is 0.562. The number of rotatable bonds is 6. The smallest absolute Gasteiger partial charge is 0.240 e. The fourth-order valence-electron chi connectivity index (χ4n) is 3.77. The van der Waals surface area contributed by atoms with Crippen LogP contribution < -0.4 is 42.3 Å². The van der Waals surface area contributed by atoms with Gasteiger partial charge in [0.25, 0.3) is 0 Å². The molecule has 0 radical (unpaired) electrons. The van der Waals surface area contributed by atoms with Gasteiger partial charge in [-0.1, -0.05) is 0 Å². The van der Waals surface area contributed by atoms with E-state index >= 15 is 0 Å². The number of amidine groups is 1. The van der Waals surface area contributed by atoms with Crippen molar-refractivity contribution in [3.63, 3.8) is 0 Å². The van der Waals surface area contributed by atoms with Crippen LogP contribution in [0.15, 0.2) is 27.0 Å². The topological polar surface area (TPSA) is 162 Å². The van der Waals surface area contributed by atoms with Gasteiger partial charge < -0.3 is 16.0 Å². The van der Waals surface area contributed by atoms with Gasteiger partial charge in [0.1, 0.15) is 11.1 Å². The van der Waals surface area contributed by atoms with Crippen LogP contribution in [-0.4, -0.2) is 58.7 Å². The maximum atomic E-state index is 14.3. The van der Waals surface area contributed by atoms with Crippen LogP contribution in [0.25, 0.3) is 0 Å². The summed E-state index contributed by atoms with van der Waals surface area (Å²) in [5, 5.41) is 13.0. The SMILES string of the molecule is NC1CCN(c2ccc(SNC3CCNC3)c(S(N)(=O)=O)c2C2=NNNN2)CC1F. The molecule has 1 aromatic carbocycles. The van der Waals surface area contributed by atoms with E-state index in [0.29, 0.717) is 23.5 Å². The van der Waals surface area contributed by atoms with E-state index in [9.17, 15) is 12.8 Å². The number of anilines is 1. The molecule has 3 atom stereocenters. The van der Waals surface area contributed by atoms with Gasteiger partial charge in [-0.25, -0.2) is 23.5 Å². The number of hydrazone groups is 1. The van der Waals surface area contributed by atoms with Crippen molar-refractivity contribution in [2.75, 3.05) is 31.1 Å². The first-order chi connectivity index (χ1) is 14.3. The molecule has 9 N–H and O–H groups in total. The molecule has 0 bridgehead atoms. The Morgan fingerprint density at radius 2 is 2.17 bits per heavy atom. The molecule has 4 rings (SSSR count). The first-order valence-corrected chi connectivity index (χ1v) is 12.0.